The van der Waals surface area contributed by atoms with Gasteiger partial charge < -0.3 is 15.8 Å². The summed E-state index contributed by atoms with van der Waals surface area (Å²) >= 11 is 0. The van der Waals surface area contributed by atoms with E-state index in [1.165, 1.54) is 18.2 Å². The summed E-state index contributed by atoms with van der Waals surface area (Å²) in [7, 11) is 0. The first-order valence-corrected chi connectivity index (χ1v) is 6.81. The molecule has 0 saturated carbocycles. The maximum absolute atomic E-state index is 12.3. The van der Waals surface area contributed by atoms with Gasteiger partial charge in [-0.05, 0) is 25.1 Å². The Bertz CT molecular complexity index is 682. The van der Waals surface area contributed by atoms with Gasteiger partial charge in [0.05, 0.1) is 6.54 Å². The number of nitrogens with two attached hydrogens (primary N) is 1. The van der Waals surface area contributed by atoms with Crippen LogP contribution in [0.15, 0.2) is 53.5 Å². The molecule has 7 heteroatoms. The maximum atomic E-state index is 12.3. The Morgan fingerprint density at radius 1 is 1.13 bits per heavy atom. The second-order valence-electron chi connectivity index (χ2n) is 4.85. The first-order chi connectivity index (χ1) is 10.8. The SMILES string of the molecule is Cc1ccc(NC(N)=NCc2ccccc2OC(F)(F)F)cc1. The van der Waals surface area contributed by atoms with Crippen molar-refractivity contribution in [3.8, 4) is 5.75 Å². The molecule has 23 heavy (non-hydrogen) atoms. The number of ether oxygens (including phenoxy) is 1. The van der Waals surface area contributed by atoms with Crippen molar-refractivity contribution in [3.05, 3.63) is 59.7 Å². The van der Waals surface area contributed by atoms with Crippen LogP contribution in [0.5, 0.6) is 5.75 Å². The van der Waals surface area contributed by atoms with Crippen molar-refractivity contribution in [1.82, 2.24) is 0 Å². The molecule has 0 bridgehead atoms. The summed E-state index contributed by atoms with van der Waals surface area (Å²) in [6, 6.07) is 13.3. The zero-order chi connectivity index (χ0) is 16.9. The summed E-state index contributed by atoms with van der Waals surface area (Å²) in [4.78, 5) is 4.04. The van der Waals surface area contributed by atoms with Gasteiger partial charge in [-0.1, -0.05) is 35.9 Å². The number of anilines is 1. The summed E-state index contributed by atoms with van der Waals surface area (Å²) in [5, 5.41) is 2.87. The average Bonchev–Trinajstić information content (AvgIpc) is 2.47. The number of benzene rings is 2. The number of nitrogens with one attached hydrogen (secondary N) is 1. The number of guanidine groups is 1. The van der Waals surface area contributed by atoms with Gasteiger partial charge in [0.1, 0.15) is 5.75 Å². The molecule has 122 valence electrons. The molecule has 0 spiro atoms. The molecular formula is C16H16F3N3O. The van der Waals surface area contributed by atoms with Crippen LogP contribution in [0.2, 0.25) is 0 Å². The number of aliphatic imine (C=N–C) groups is 1. The Labute approximate surface area is 131 Å². The van der Waals surface area contributed by atoms with E-state index in [-0.39, 0.29) is 18.3 Å². The van der Waals surface area contributed by atoms with Gasteiger partial charge in [-0.25, -0.2) is 4.99 Å². The number of hydrogen-bond acceptors (Lipinski definition) is 2. The van der Waals surface area contributed by atoms with Gasteiger partial charge in [-0.3, -0.25) is 0 Å². The summed E-state index contributed by atoms with van der Waals surface area (Å²) in [5.74, 6) is -0.178. The predicted molar refractivity (Wildman–Crippen MR) is 83.3 cm³/mol. The number of alkyl halides is 3. The lowest BCUT2D eigenvalue weighted by Gasteiger charge is -2.12. The molecule has 0 saturated heterocycles. The van der Waals surface area contributed by atoms with Gasteiger partial charge in [-0.15, -0.1) is 13.2 Å². The van der Waals surface area contributed by atoms with Crippen LogP contribution in [-0.2, 0) is 6.54 Å². The summed E-state index contributed by atoms with van der Waals surface area (Å²) in [5.41, 5.74) is 7.88. The van der Waals surface area contributed by atoms with Crippen LogP contribution in [0.1, 0.15) is 11.1 Å². The van der Waals surface area contributed by atoms with Gasteiger partial charge in [0, 0.05) is 11.3 Å². The topological polar surface area (TPSA) is 59.6 Å². The molecule has 2 aromatic rings. The third-order valence-corrected chi connectivity index (χ3v) is 2.94. The Morgan fingerprint density at radius 3 is 2.43 bits per heavy atom. The van der Waals surface area contributed by atoms with Gasteiger partial charge in [-0.2, -0.15) is 0 Å². The highest BCUT2D eigenvalue weighted by Gasteiger charge is 2.31. The predicted octanol–water partition coefficient (Wildman–Crippen LogP) is 3.82. The molecule has 0 unspecified atom stereocenters. The number of halogens is 3. The third-order valence-electron chi connectivity index (χ3n) is 2.94. The van der Waals surface area contributed by atoms with Crippen molar-refractivity contribution in [1.29, 1.82) is 0 Å². The third kappa shape index (κ3) is 5.54. The lowest BCUT2D eigenvalue weighted by atomic mass is 10.2. The van der Waals surface area contributed by atoms with Crippen LogP contribution < -0.4 is 15.8 Å². The van der Waals surface area contributed by atoms with E-state index in [9.17, 15) is 13.2 Å². The zero-order valence-electron chi connectivity index (χ0n) is 12.4. The largest absolute Gasteiger partial charge is 0.573 e. The molecule has 4 nitrogen and oxygen atoms in total. The van der Waals surface area contributed by atoms with Crippen molar-refractivity contribution in [3.63, 3.8) is 0 Å². The number of nitrogens with zero attached hydrogens (tertiary/aromatic N) is 1. The van der Waals surface area contributed by atoms with Crippen LogP contribution in [0.25, 0.3) is 0 Å². The Kier molecular flexibility index (Phi) is 5.10. The first kappa shape index (κ1) is 16.7. The molecule has 0 fully saturated rings. The molecule has 2 aromatic carbocycles. The van der Waals surface area contributed by atoms with Gasteiger partial charge in [0.25, 0.3) is 0 Å². The van der Waals surface area contributed by atoms with Crippen molar-refractivity contribution < 1.29 is 17.9 Å². The molecule has 0 heterocycles. The standard InChI is InChI=1S/C16H16F3N3O/c1-11-6-8-13(9-7-11)22-15(20)21-10-12-4-2-3-5-14(12)23-16(17,18)19/h2-9H,10H2,1H3,(H3,20,21,22). The van der Waals surface area contributed by atoms with E-state index in [1.54, 1.807) is 6.07 Å². The summed E-state index contributed by atoms with van der Waals surface area (Å²) in [6.45, 7) is 1.93. The fourth-order valence-corrected chi connectivity index (χ4v) is 1.85. The minimum Gasteiger partial charge on any atom is -0.405 e. The minimum absolute atomic E-state index is 0.0308. The fourth-order valence-electron chi connectivity index (χ4n) is 1.85. The van der Waals surface area contributed by atoms with E-state index < -0.39 is 6.36 Å². The molecular weight excluding hydrogens is 307 g/mol. The molecule has 2 rings (SSSR count). The monoisotopic (exact) mass is 323 g/mol. The lowest BCUT2D eigenvalue weighted by Crippen LogP contribution is -2.22. The molecule has 0 radical (unpaired) electrons. The molecule has 0 amide bonds. The van der Waals surface area contributed by atoms with Gasteiger partial charge in [0.2, 0.25) is 0 Å². The van der Waals surface area contributed by atoms with Crippen LogP contribution in [0.4, 0.5) is 18.9 Å². The van der Waals surface area contributed by atoms with Crippen LogP contribution in [-0.4, -0.2) is 12.3 Å². The lowest BCUT2D eigenvalue weighted by molar-refractivity contribution is -0.274. The van der Waals surface area contributed by atoms with Crippen LogP contribution in [0, 0.1) is 6.92 Å². The fraction of sp³-hybridized carbons (Fsp3) is 0.188. The zero-order valence-corrected chi connectivity index (χ0v) is 12.4. The number of hydrogen-bond donors (Lipinski definition) is 2. The molecule has 0 aliphatic heterocycles. The number of para-hydroxylation sites is 1. The normalized spacial score (nSPS) is 12.1. The highest BCUT2D eigenvalue weighted by molar-refractivity contribution is 5.92. The van der Waals surface area contributed by atoms with E-state index in [2.05, 4.69) is 15.0 Å². The maximum Gasteiger partial charge on any atom is 0.573 e. The first-order valence-electron chi connectivity index (χ1n) is 6.81. The molecule has 0 aliphatic rings. The van der Waals surface area contributed by atoms with Gasteiger partial charge in [0.15, 0.2) is 5.96 Å². The minimum atomic E-state index is -4.74. The van der Waals surface area contributed by atoms with E-state index >= 15 is 0 Å². The smallest absolute Gasteiger partial charge is 0.405 e. The van der Waals surface area contributed by atoms with Crippen LogP contribution >= 0.6 is 0 Å². The van der Waals surface area contributed by atoms with Crippen molar-refractivity contribution >= 4 is 11.6 Å². The summed E-state index contributed by atoms with van der Waals surface area (Å²) in [6.07, 6.45) is -4.74. The Balaban J connectivity index is 2.05. The van der Waals surface area contributed by atoms with Gasteiger partial charge >= 0.3 is 6.36 Å². The van der Waals surface area contributed by atoms with Crippen molar-refractivity contribution in [2.24, 2.45) is 10.7 Å². The Hall–Kier alpha value is -2.70. The highest BCUT2D eigenvalue weighted by Crippen LogP contribution is 2.26. The molecule has 0 atom stereocenters. The summed E-state index contributed by atoms with van der Waals surface area (Å²) < 4.78 is 41.0. The van der Waals surface area contributed by atoms with Crippen LogP contribution in [0.3, 0.4) is 0 Å². The van der Waals surface area contributed by atoms with Crippen molar-refractivity contribution in [2.75, 3.05) is 5.32 Å². The quantitative estimate of drug-likeness (QED) is 0.664. The molecule has 0 aromatic heterocycles. The number of aryl methyl sites for hydroxylation is 1. The van der Waals surface area contributed by atoms with E-state index in [0.29, 0.717) is 5.56 Å². The van der Waals surface area contributed by atoms with E-state index in [4.69, 9.17) is 5.73 Å². The molecule has 0 aliphatic carbocycles. The number of rotatable bonds is 4. The highest BCUT2D eigenvalue weighted by atomic mass is 19.4. The second kappa shape index (κ2) is 7.04. The van der Waals surface area contributed by atoms with Crippen molar-refractivity contribution in [2.45, 2.75) is 19.8 Å². The van der Waals surface area contributed by atoms with E-state index in [0.717, 1.165) is 11.3 Å². The van der Waals surface area contributed by atoms with E-state index in [1.807, 2.05) is 31.2 Å². The second-order valence-corrected chi connectivity index (χ2v) is 4.85. The Morgan fingerprint density at radius 2 is 1.78 bits per heavy atom. The molecule has 3 N–H and O–H groups in total. The average molecular weight is 323 g/mol.